The summed E-state index contributed by atoms with van der Waals surface area (Å²) < 4.78 is 18.6. The fourth-order valence-electron chi connectivity index (χ4n) is 2.45. The minimum atomic E-state index is -1.14. The Balaban J connectivity index is 1.74. The van der Waals surface area contributed by atoms with Crippen molar-refractivity contribution in [2.75, 3.05) is 11.9 Å². The molecule has 1 atom stereocenters. The number of aryl methyl sites for hydroxylation is 1. The molecule has 1 aromatic heterocycles. The van der Waals surface area contributed by atoms with E-state index in [1.807, 2.05) is 0 Å². The number of nitrogens with zero attached hydrogens (tertiary/aromatic N) is 2. The highest BCUT2D eigenvalue weighted by molar-refractivity contribution is 6.11. The SMILES string of the molecule is Cc1cc(NC(=O)C2CNC(=O)N(Cc3ccccc3F)C2=O)no1. The summed E-state index contributed by atoms with van der Waals surface area (Å²) in [4.78, 5) is 37.6. The van der Waals surface area contributed by atoms with Gasteiger partial charge >= 0.3 is 6.03 Å². The Hall–Kier alpha value is -3.23. The topological polar surface area (TPSA) is 105 Å². The average molecular weight is 346 g/mol. The van der Waals surface area contributed by atoms with Gasteiger partial charge in [0.05, 0.1) is 6.54 Å². The van der Waals surface area contributed by atoms with Crippen LogP contribution in [0.5, 0.6) is 0 Å². The molecule has 1 unspecified atom stereocenters. The summed E-state index contributed by atoms with van der Waals surface area (Å²) in [6.07, 6.45) is 0. The highest BCUT2D eigenvalue weighted by atomic mass is 19.1. The Morgan fingerprint density at radius 2 is 2.20 bits per heavy atom. The van der Waals surface area contributed by atoms with Crippen molar-refractivity contribution in [1.29, 1.82) is 0 Å². The number of hydrogen-bond acceptors (Lipinski definition) is 5. The zero-order valence-corrected chi connectivity index (χ0v) is 13.3. The minimum absolute atomic E-state index is 0.145. The molecular weight excluding hydrogens is 331 g/mol. The van der Waals surface area contributed by atoms with E-state index in [-0.39, 0.29) is 24.5 Å². The molecule has 3 rings (SSSR count). The van der Waals surface area contributed by atoms with Crippen LogP contribution in [-0.4, -0.2) is 34.4 Å². The Bertz CT molecular complexity index is 835. The lowest BCUT2D eigenvalue weighted by atomic mass is 10.0. The van der Waals surface area contributed by atoms with Gasteiger partial charge in [0.1, 0.15) is 17.5 Å². The van der Waals surface area contributed by atoms with Gasteiger partial charge < -0.3 is 15.2 Å². The average Bonchev–Trinajstić information content (AvgIpc) is 2.98. The van der Waals surface area contributed by atoms with E-state index in [0.29, 0.717) is 5.76 Å². The first-order valence-corrected chi connectivity index (χ1v) is 7.52. The maximum Gasteiger partial charge on any atom is 0.324 e. The van der Waals surface area contributed by atoms with Gasteiger partial charge in [-0.2, -0.15) is 0 Å². The molecule has 9 heteroatoms. The number of carbonyl (C=O) groups is 3. The number of benzene rings is 1. The molecule has 1 aliphatic rings. The summed E-state index contributed by atoms with van der Waals surface area (Å²) in [5, 5.41) is 8.54. The molecular formula is C16H15FN4O4. The van der Waals surface area contributed by atoms with Crippen LogP contribution in [0.4, 0.5) is 15.0 Å². The van der Waals surface area contributed by atoms with Gasteiger partial charge in [-0.3, -0.25) is 14.5 Å². The highest BCUT2D eigenvalue weighted by Gasteiger charge is 2.39. The van der Waals surface area contributed by atoms with E-state index in [9.17, 15) is 18.8 Å². The number of hydrogen-bond donors (Lipinski definition) is 2. The number of rotatable bonds is 4. The third-order valence-corrected chi connectivity index (χ3v) is 3.75. The molecule has 0 bridgehead atoms. The summed E-state index contributed by atoms with van der Waals surface area (Å²) in [6.45, 7) is 1.25. The normalized spacial score (nSPS) is 17.4. The monoisotopic (exact) mass is 346 g/mol. The summed E-state index contributed by atoms with van der Waals surface area (Å²) in [7, 11) is 0. The van der Waals surface area contributed by atoms with Crippen LogP contribution in [0, 0.1) is 18.7 Å². The summed E-state index contributed by atoms with van der Waals surface area (Å²) in [6, 6.07) is 6.64. The maximum atomic E-state index is 13.8. The maximum absolute atomic E-state index is 13.8. The van der Waals surface area contributed by atoms with E-state index in [4.69, 9.17) is 4.52 Å². The molecule has 1 aliphatic heterocycles. The number of nitrogens with one attached hydrogen (secondary N) is 2. The molecule has 1 fully saturated rings. The molecule has 2 heterocycles. The Labute approximate surface area is 142 Å². The molecule has 1 aromatic carbocycles. The van der Waals surface area contributed by atoms with Crippen molar-refractivity contribution in [3.8, 4) is 0 Å². The molecule has 0 saturated carbocycles. The van der Waals surface area contributed by atoms with Gasteiger partial charge in [-0.1, -0.05) is 23.4 Å². The van der Waals surface area contributed by atoms with Crippen LogP contribution in [0.2, 0.25) is 0 Å². The van der Waals surface area contributed by atoms with Gasteiger partial charge in [-0.05, 0) is 13.0 Å². The third kappa shape index (κ3) is 3.49. The lowest BCUT2D eigenvalue weighted by molar-refractivity contribution is -0.139. The molecule has 4 amide bonds. The first kappa shape index (κ1) is 16.6. The van der Waals surface area contributed by atoms with Gasteiger partial charge in [-0.25, -0.2) is 9.18 Å². The predicted octanol–water partition coefficient (Wildman–Crippen LogP) is 1.43. The molecule has 0 spiro atoms. The van der Waals surface area contributed by atoms with Gasteiger partial charge in [0.15, 0.2) is 5.82 Å². The molecule has 2 N–H and O–H groups in total. The second kappa shape index (κ2) is 6.71. The lowest BCUT2D eigenvalue weighted by Gasteiger charge is -2.30. The van der Waals surface area contributed by atoms with E-state index in [1.165, 1.54) is 24.3 Å². The van der Waals surface area contributed by atoms with Crippen molar-refractivity contribution in [3.63, 3.8) is 0 Å². The first-order valence-electron chi connectivity index (χ1n) is 7.52. The molecule has 8 nitrogen and oxygen atoms in total. The fourth-order valence-corrected chi connectivity index (χ4v) is 2.45. The van der Waals surface area contributed by atoms with Crippen molar-refractivity contribution in [3.05, 3.63) is 47.5 Å². The number of aromatic nitrogens is 1. The zero-order valence-electron chi connectivity index (χ0n) is 13.3. The smallest absolute Gasteiger partial charge is 0.324 e. The first-order chi connectivity index (χ1) is 12.0. The number of urea groups is 1. The molecule has 0 radical (unpaired) electrons. The Kier molecular flexibility index (Phi) is 4.46. The van der Waals surface area contributed by atoms with Crippen molar-refractivity contribution >= 4 is 23.7 Å². The largest absolute Gasteiger partial charge is 0.360 e. The van der Waals surface area contributed by atoms with Crippen molar-refractivity contribution < 1.29 is 23.3 Å². The lowest BCUT2D eigenvalue weighted by Crippen LogP contribution is -2.57. The van der Waals surface area contributed by atoms with Gasteiger partial charge in [0.25, 0.3) is 0 Å². The number of amides is 4. The number of halogens is 1. The predicted molar refractivity (Wildman–Crippen MR) is 83.7 cm³/mol. The second-order valence-electron chi connectivity index (χ2n) is 5.57. The van der Waals surface area contributed by atoms with E-state index < -0.39 is 29.6 Å². The molecule has 130 valence electrons. The third-order valence-electron chi connectivity index (χ3n) is 3.75. The van der Waals surface area contributed by atoms with E-state index in [2.05, 4.69) is 15.8 Å². The number of imide groups is 1. The Morgan fingerprint density at radius 1 is 1.44 bits per heavy atom. The van der Waals surface area contributed by atoms with E-state index in [1.54, 1.807) is 13.0 Å². The molecule has 2 aromatic rings. The minimum Gasteiger partial charge on any atom is -0.360 e. The summed E-state index contributed by atoms with van der Waals surface area (Å²) in [5.41, 5.74) is 0.180. The van der Waals surface area contributed by atoms with E-state index in [0.717, 1.165) is 4.90 Å². The second-order valence-corrected chi connectivity index (χ2v) is 5.57. The van der Waals surface area contributed by atoms with Crippen LogP contribution in [0.15, 0.2) is 34.9 Å². The number of carbonyl (C=O) groups excluding carboxylic acids is 3. The quantitative estimate of drug-likeness (QED) is 0.815. The van der Waals surface area contributed by atoms with Gasteiger partial charge in [0, 0.05) is 18.2 Å². The van der Waals surface area contributed by atoms with Crippen molar-refractivity contribution in [1.82, 2.24) is 15.4 Å². The van der Waals surface area contributed by atoms with Crippen LogP contribution in [0.25, 0.3) is 0 Å². The standard InChI is InChI=1S/C16H15FN4O4/c1-9-6-13(20-25-9)19-14(22)11-7-18-16(24)21(15(11)23)8-10-4-2-3-5-12(10)17/h2-6,11H,7-8H2,1H3,(H,18,24)(H,19,20,22). The van der Waals surface area contributed by atoms with Crippen LogP contribution in [0.3, 0.4) is 0 Å². The van der Waals surface area contributed by atoms with Crippen LogP contribution in [-0.2, 0) is 16.1 Å². The number of anilines is 1. The fraction of sp³-hybridized carbons (Fsp3) is 0.250. The van der Waals surface area contributed by atoms with Crippen LogP contribution < -0.4 is 10.6 Å². The van der Waals surface area contributed by atoms with Crippen molar-refractivity contribution in [2.45, 2.75) is 13.5 Å². The zero-order chi connectivity index (χ0) is 18.0. The highest BCUT2D eigenvalue weighted by Crippen LogP contribution is 2.17. The molecule has 25 heavy (non-hydrogen) atoms. The van der Waals surface area contributed by atoms with Crippen LogP contribution >= 0.6 is 0 Å². The molecule has 1 saturated heterocycles. The Morgan fingerprint density at radius 3 is 2.88 bits per heavy atom. The van der Waals surface area contributed by atoms with Gasteiger partial charge in [-0.15, -0.1) is 0 Å². The molecule has 0 aliphatic carbocycles. The van der Waals surface area contributed by atoms with Gasteiger partial charge in [0.2, 0.25) is 11.8 Å². The van der Waals surface area contributed by atoms with Crippen LogP contribution in [0.1, 0.15) is 11.3 Å². The van der Waals surface area contributed by atoms with E-state index >= 15 is 0 Å². The summed E-state index contributed by atoms with van der Waals surface area (Å²) in [5.74, 6) is -2.33. The summed E-state index contributed by atoms with van der Waals surface area (Å²) >= 11 is 0. The van der Waals surface area contributed by atoms with Crippen molar-refractivity contribution in [2.24, 2.45) is 5.92 Å².